The summed E-state index contributed by atoms with van der Waals surface area (Å²) in [6.07, 6.45) is 6.68. The summed E-state index contributed by atoms with van der Waals surface area (Å²) in [6, 6.07) is 11.5. The fourth-order valence-corrected chi connectivity index (χ4v) is 5.36. The monoisotopic (exact) mass is 473 g/mol. The first-order valence-corrected chi connectivity index (χ1v) is 12.0. The summed E-state index contributed by atoms with van der Waals surface area (Å²) < 4.78 is 27.9. The fourth-order valence-electron chi connectivity index (χ4n) is 5.36. The Labute approximate surface area is 203 Å². The minimum absolute atomic E-state index is 0.106. The molecule has 0 amide bonds. The number of pyridine rings is 1. The summed E-state index contributed by atoms with van der Waals surface area (Å²) in [7, 11) is 3.49. The molecule has 2 aromatic carbocycles. The van der Waals surface area contributed by atoms with Crippen LogP contribution in [0.25, 0.3) is 33.2 Å². The van der Waals surface area contributed by atoms with Gasteiger partial charge in [0.2, 0.25) is 0 Å². The second-order valence-electron chi connectivity index (χ2n) is 9.21. The molecule has 8 heteroatoms. The molecule has 35 heavy (non-hydrogen) atoms. The van der Waals surface area contributed by atoms with E-state index in [1.165, 1.54) is 6.07 Å². The molecule has 0 unspecified atom stereocenters. The number of anilines is 1. The zero-order chi connectivity index (χ0) is 23.9. The number of nitrogens with one attached hydrogen (secondary N) is 1. The Morgan fingerprint density at radius 2 is 1.94 bits per heavy atom. The van der Waals surface area contributed by atoms with Gasteiger partial charge in [-0.25, -0.2) is 4.39 Å². The maximum absolute atomic E-state index is 14.5. The lowest BCUT2D eigenvalue weighted by Crippen LogP contribution is -2.57. The smallest absolute Gasteiger partial charge is 0.127 e. The van der Waals surface area contributed by atoms with Crippen molar-refractivity contribution in [3.05, 3.63) is 60.8 Å². The number of nitrogens with zero attached hydrogens (tertiary/aromatic N) is 4. The molecule has 7 nitrogen and oxygen atoms in total. The van der Waals surface area contributed by atoms with Crippen LogP contribution in [0.1, 0.15) is 6.42 Å². The van der Waals surface area contributed by atoms with Crippen molar-refractivity contribution in [1.29, 1.82) is 0 Å². The van der Waals surface area contributed by atoms with Gasteiger partial charge in [0.05, 0.1) is 37.2 Å². The van der Waals surface area contributed by atoms with Gasteiger partial charge in [-0.1, -0.05) is 6.07 Å². The van der Waals surface area contributed by atoms with E-state index < -0.39 is 0 Å². The molecule has 0 spiro atoms. The van der Waals surface area contributed by atoms with Crippen LogP contribution in [0.4, 0.5) is 10.1 Å². The van der Waals surface area contributed by atoms with Gasteiger partial charge in [0.25, 0.3) is 0 Å². The maximum Gasteiger partial charge on any atom is 0.127 e. The van der Waals surface area contributed by atoms with E-state index in [0.29, 0.717) is 18.4 Å². The average Bonchev–Trinajstić information content (AvgIpc) is 3.27. The Bertz CT molecular complexity index is 1390. The van der Waals surface area contributed by atoms with Crippen molar-refractivity contribution in [3.63, 3.8) is 0 Å². The van der Waals surface area contributed by atoms with Crippen LogP contribution in [0.5, 0.6) is 5.75 Å². The summed E-state index contributed by atoms with van der Waals surface area (Å²) in [5.41, 5.74) is 5.74. The Kier molecular flexibility index (Phi) is 5.62. The van der Waals surface area contributed by atoms with Crippen molar-refractivity contribution >= 4 is 16.6 Å². The minimum atomic E-state index is -0.342. The third-order valence-electron chi connectivity index (χ3n) is 7.11. The van der Waals surface area contributed by atoms with E-state index in [-0.39, 0.29) is 11.9 Å². The molecule has 2 atom stereocenters. The zero-order valence-corrected chi connectivity index (χ0v) is 19.9. The molecule has 2 saturated heterocycles. The molecule has 2 aliphatic rings. The highest BCUT2D eigenvalue weighted by Gasteiger charge is 2.34. The van der Waals surface area contributed by atoms with E-state index >= 15 is 0 Å². The normalized spacial score (nSPS) is 20.1. The first-order valence-electron chi connectivity index (χ1n) is 12.0. The maximum atomic E-state index is 14.5. The number of morpholine rings is 1. The zero-order valence-electron chi connectivity index (χ0n) is 19.9. The van der Waals surface area contributed by atoms with Crippen molar-refractivity contribution < 1.29 is 13.9 Å². The number of methoxy groups -OCH3 is 1. The molecular formula is C27H28FN5O2. The number of aryl methyl sites for hydroxylation is 1. The van der Waals surface area contributed by atoms with Crippen LogP contribution in [-0.2, 0) is 11.8 Å². The van der Waals surface area contributed by atoms with Crippen LogP contribution in [0.3, 0.4) is 0 Å². The largest absolute Gasteiger partial charge is 0.497 e. The highest BCUT2D eigenvalue weighted by Crippen LogP contribution is 2.42. The lowest BCUT2D eigenvalue weighted by Gasteiger charge is -2.43. The molecule has 180 valence electrons. The van der Waals surface area contributed by atoms with Gasteiger partial charge >= 0.3 is 0 Å². The van der Waals surface area contributed by atoms with Crippen LogP contribution < -0.4 is 15.0 Å². The van der Waals surface area contributed by atoms with Gasteiger partial charge in [-0.3, -0.25) is 9.67 Å². The van der Waals surface area contributed by atoms with Gasteiger partial charge in [-0.2, -0.15) is 5.10 Å². The van der Waals surface area contributed by atoms with Gasteiger partial charge in [0.1, 0.15) is 11.6 Å². The molecule has 1 N–H and O–H groups in total. The number of halogens is 1. The number of rotatable bonds is 4. The lowest BCUT2D eigenvalue weighted by molar-refractivity contribution is -0.00899. The molecule has 2 aromatic heterocycles. The molecule has 4 aromatic rings. The second-order valence-corrected chi connectivity index (χ2v) is 9.21. The van der Waals surface area contributed by atoms with E-state index in [9.17, 15) is 4.39 Å². The lowest BCUT2D eigenvalue weighted by atomic mass is 9.93. The van der Waals surface area contributed by atoms with Gasteiger partial charge in [-0.15, -0.1) is 0 Å². The number of benzene rings is 2. The van der Waals surface area contributed by atoms with Crippen molar-refractivity contribution in [3.8, 4) is 28.0 Å². The quantitative estimate of drug-likeness (QED) is 0.483. The first-order chi connectivity index (χ1) is 17.1. The molecular weight excluding hydrogens is 445 g/mol. The third kappa shape index (κ3) is 4.02. The molecule has 2 aliphatic heterocycles. The topological polar surface area (TPSA) is 64.4 Å². The van der Waals surface area contributed by atoms with Crippen molar-refractivity contribution in [1.82, 2.24) is 20.1 Å². The average molecular weight is 474 g/mol. The highest BCUT2D eigenvalue weighted by molar-refractivity contribution is 5.93. The summed E-state index contributed by atoms with van der Waals surface area (Å²) in [5, 5.41) is 9.05. The number of hydrogen-bond acceptors (Lipinski definition) is 6. The molecule has 0 bridgehead atoms. The van der Waals surface area contributed by atoms with Crippen LogP contribution in [0, 0.1) is 5.82 Å². The summed E-state index contributed by atoms with van der Waals surface area (Å²) in [6.45, 7) is 3.22. The van der Waals surface area contributed by atoms with Crippen molar-refractivity contribution in [2.45, 2.75) is 18.6 Å². The summed E-state index contributed by atoms with van der Waals surface area (Å²) in [4.78, 5) is 6.96. The number of ether oxygens (including phenoxy) is 2. The number of piperidine rings is 1. The van der Waals surface area contributed by atoms with Gasteiger partial charge in [-0.05, 0) is 41.8 Å². The van der Waals surface area contributed by atoms with Crippen LogP contribution >= 0.6 is 0 Å². The highest BCUT2D eigenvalue weighted by atomic mass is 19.1. The first kappa shape index (κ1) is 22.0. The minimum Gasteiger partial charge on any atom is -0.497 e. The van der Waals surface area contributed by atoms with Gasteiger partial charge in [0.15, 0.2) is 0 Å². The second kappa shape index (κ2) is 8.94. The van der Waals surface area contributed by atoms with E-state index in [1.54, 1.807) is 13.2 Å². The standard InChI is InChI=1S/C27H28FN5O2/c1-32-25-4-3-17(9-19(25)13-31-32)22-14-29-15-23(18-10-20(28)12-21(11-18)34-2)27(22)33-7-5-24-26(16-33)35-8-6-30-24/h3-4,9-15,24,26,30H,5-8,16H2,1-2H3/t24-,26-/m1/s1. The molecule has 6 rings (SSSR count). The van der Waals surface area contributed by atoms with E-state index in [4.69, 9.17) is 9.47 Å². The number of fused-ring (bicyclic) bond motifs is 2. The third-order valence-corrected chi connectivity index (χ3v) is 7.11. The van der Waals surface area contributed by atoms with Crippen molar-refractivity contribution in [2.24, 2.45) is 7.05 Å². The number of hydrogen-bond donors (Lipinski definition) is 1. The van der Waals surface area contributed by atoms with Crippen LogP contribution in [0.15, 0.2) is 55.0 Å². The van der Waals surface area contributed by atoms with Gasteiger partial charge in [0, 0.05) is 67.7 Å². The van der Waals surface area contributed by atoms with Crippen LogP contribution in [0.2, 0.25) is 0 Å². The summed E-state index contributed by atoms with van der Waals surface area (Å²) in [5.74, 6) is 0.137. The predicted molar refractivity (Wildman–Crippen MR) is 134 cm³/mol. The molecule has 0 saturated carbocycles. The predicted octanol–water partition coefficient (Wildman–Crippen LogP) is 4.02. The molecule has 0 radical (unpaired) electrons. The Balaban J connectivity index is 1.52. The van der Waals surface area contributed by atoms with E-state index in [1.807, 2.05) is 36.4 Å². The number of aromatic nitrogens is 3. The van der Waals surface area contributed by atoms with E-state index in [2.05, 4.69) is 38.5 Å². The molecule has 2 fully saturated rings. The van der Waals surface area contributed by atoms with Crippen LogP contribution in [-0.4, -0.2) is 60.3 Å². The van der Waals surface area contributed by atoms with Crippen molar-refractivity contribution in [2.75, 3.05) is 38.3 Å². The van der Waals surface area contributed by atoms with E-state index in [0.717, 1.165) is 64.9 Å². The Morgan fingerprint density at radius 1 is 1.09 bits per heavy atom. The SMILES string of the molecule is COc1cc(F)cc(-c2cncc(-c3ccc4c(cnn4C)c3)c2N2CC[C@H]3NCCO[C@@H]3C2)c1. The van der Waals surface area contributed by atoms with Gasteiger partial charge < -0.3 is 19.7 Å². The Hall–Kier alpha value is -3.49. The molecule has 0 aliphatic carbocycles. The summed E-state index contributed by atoms with van der Waals surface area (Å²) >= 11 is 0. The Morgan fingerprint density at radius 3 is 2.80 bits per heavy atom. The molecule has 4 heterocycles. The fraction of sp³-hybridized carbons (Fsp3) is 0.333.